The van der Waals surface area contributed by atoms with E-state index in [0.29, 0.717) is 0 Å². The van der Waals surface area contributed by atoms with Crippen molar-refractivity contribution in [2.45, 2.75) is 94.6 Å². The summed E-state index contributed by atoms with van der Waals surface area (Å²) in [6, 6.07) is 18.6. The van der Waals surface area contributed by atoms with Crippen molar-refractivity contribution in [3.8, 4) is 0 Å². The predicted octanol–water partition coefficient (Wildman–Crippen LogP) is 3.64. The third-order valence-electron chi connectivity index (χ3n) is 9.47. The first-order chi connectivity index (χ1) is 25.5. The fourth-order valence-corrected chi connectivity index (χ4v) is 7.07. The standard InChI is InChI=1S/C38H48BrNO13/c1-23(2)26-22-51-37(44)40(26)35(43)33(46-3)30-27(42)18-29(39)38(45,53-30)16-11-17-48-34-32(50-21-25-14-9-6-10-15-25)31(28(19-41)52-36(34)47-4)49-20-24-12-7-5-8-13-24/h5-10,12-15,18,23,26,28,30-34,36,41,45H,11,16-17,19-22H2,1-4H3. The molecule has 14 nitrogen and oxygen atoms in total. The lowest BCUT2D eigenvalue weighted by Crippen LogP contribution is -2.61. The van der Waals surface area contributed by atoms with Crippen LogP contribution in [-0.4, -0.2) is 122 Å². The van der Waals surface area contributed by atoms with E-state index in [1.807, 2.05) is 74.5 Å². The molecule has 290 valence electrons. The molecule has 3 aliphatic rings. The minimum Gasteiger partial charge on any atom is -0.447 e. The molecule has 0 aromatic heterocycles. The molecule has 53 heavy (non-hydrogen) atoms. The molecule has 0 bridgehead atoms. The molecule has 0 spiro atoms. The average molecular weight is 807 g/mol. The largest absolute Gasteiger partial charge is 0.447 e. The van der Waals surface area contributed by atoms with Crippen LogP contribution < -0.4 is 0 Å². The van der Waals surface area contributed by atoms with Gasteiger partial charge in [-0.3, -0.25) is 9.59 Å². The normalized spacial score (nSPS) is 29.6. The van der Waals surface area contributed by atoms with Gasteiger partial charge in [0.2, 0.25) is 0 Å². The number of ether oxygens (including phenoxy) is 8. The minimum absolute atomic E-state index is 0.0161. The highest BCUT2D eigenvalue weighted by Gasteiger charge is 2.51. The van der Waals surface area contributed by atoms with Gasteiger partial charge in [-0.15, -0.1) is 0 Å². The number of amides is 2. The van der Waals surface area contributed by atoms with Gasteiger partial charge < -0.3 is 48.1 Å². The number of nitrogens with zero attached hydrogens (tertiary/aromatic N) is 1. The van der Waals surface area contributed by atoms with Crippen molar-refractivity contribution < 1.29 is 62.5 Å². The van der Waals surface area contributed by atoms with Crippen molar-refractivity contribution in [2.24, 2.45) is 5.92 Å². The van der Waals surface area contributed by atoms with E-state index >= 15 is 0 Å². The maximum Gasteiger partial charge on any atom is 0.417 e. The lowest BCUT2D eigenvalue weighted by Gasteiger charge is -2.45. The first-order valence-corrected chi connectivity index (χ1v) is 18.4. The molecule has 3 aliphatic heterocycles. The molecule has 9 unspecified atom stereocenters. The molecule has 2 amide bonds. The smallest absolute Gasteiger partial charge is 0.417 e. The van der Waals surface area contributed by atoms with Crippen LogP contribution in [0.15, 0.2) is 71.2 Å². The van der Waals surface area contributed by atoms with Crippen LogP contribution in [0.4, 0.5) is 4.79 Å². The average Bonchev–Trinajstić information content (AvgIpc) is 3.56. The number of rotatable bonds is 17. The van der Waals surface area contributed by atoms with Gasteiger partial charge in [-0.25, -0.2) is 9.69 Å². The number of carbonyl (C=O) groups is 3. The minimum atomic E-state index is -2.04. The van der Waals surface area contributed by atoms with Gasteiger partial charge in [0.1, 0.15) is 31.0 Å². The third kappa shape index (κ3) is 9.78. The van der Waals surface area contributed by atoms with Crippen molar-refractivity contribution in [3.63, 3.8) is 0 Å². The van der Waals surface area contributed by atoms with E-state index in [1.54, 1.807) is 0 Å². The van der Waals surface area contributed by atoms with Crippen molar-refractivity contribution in [1.82, 2.24) is 4.90 Å². The molecule has 2 aromatic rings. The third-order valence-corrected chi connectivity index (χ3v) is 10.3. The van der Waals surface area contributed by atoms with Crippen molar-refractivity contribution >= 4 is 33.7 Å². The second-order valence-corrected chi connectivity index (χ2v) is 14.2. The van der Waals surface area contributed by atoms with Crippen LogP contribution in [0.1, 0.15) is 37.8 Å². The summed E-state index contributed by atoms with van der Waals surface area (Å²) in [5.41, 5.74) is 1.84. The molecular weight excluding hydrogens is 758 g/mol. The molecule has 2 N–H and O–H groups in total. The number of imide groups is 1. The molecule has 9 atom stereocenters. The Bertz CT molecular complexity index is 1550. The Kier molecular flexibility index (Phi) is 14.7. The lowest BCUT2D eigenvalue weighted by atomic mass is 9.97. The summed E-state index contributed by atoms with van der Waals surface area (Å²) >= 11 is 3.27. The molecule has 0 aliphatic carbocycles. The molecular formula is C38H48BrNO13. The molecule has 15 heteroatoms. The van der Waals surface area contributed by atoms with E-state index in [-0.39, 0.29) is 56.3 Å². The maximum absolute atomic E-state index is 13.6. The Labute approximate surface area is 317 Å². The fraction of sp³-hybridized carbons (Fsp3) is 0.553. The van der Waals surface area contributed by atoms with Crippen LogP contribution >= 0.6 is 15.9 Å². The molecule has 0 radical (unpaired) electrons. The molecule has 5 rings (SSSR count). The monoisotopic (exact) mass is 805 g/mol. The van der Waals surface area contributed by atoms with Crippen molar-refractivity contribution in [1.29, 1.82) is 0 Å². The molecule has 0 saturated carbocycles. The second-order valence-electron chi connectivity index (χ2n) is 13.4. The van der Waals surface area contributed by atoms with Crippen LogP contribution in [0.3, 0.4) is 0 Å². The summed E-state index contributed by atoms with van der Waals surface area (Å²) in [6.45, 7) is 3.83. The van der Waals surface area contributed by atoms with Crippen LogP contribution in [0, 0.1) is 5.92 Å². The van der Waals surface area contributed by atoms with E-state index < -0.39 is 72.5 Å². The Balaban J connectivity index is 1.29. The lowest BCUT2D eigenvalue weighted by molar-refractivity contribution is -0.320. The number of hydrogen-bond donors (Lipinski definition) is 2. The van der Waals surface area contributed by atoms with Gasteiger partial charge in [-0.1, -0.05) is 74.5 Å². The summed E-state index contributed by atoms with van der Waals surface area (Å²) in [7, 11) is 2.68. The van der Waals surface area contributed by atoms with Crippen LogP contribution in [0.25, 0.3) is 0 Å². The van der Waals surface area contributed by atoms with Gasteiger partial charge in [-0.2, -0.15) is 0 Å². The van der Waals surface area contributed by atoms with E-state index in [1.165, 1.54) is 14.2 Å². The van der Waals surface area contributed by atoms with Gasteiger partial charge in [0, 0.05) is 27.2 Å². The number of halogens is 1. The topological polar surface area (TPSA) is 169 Å². The Morgan fingerprint density at radius 3 is 2.15 bits per heavy atom. The summed E-state index contributed by atoms with van der Waals surface area (Å²) in [6.07, 6.45) is -6.73. The number of methoxy groups -OCH3 is 2. The zero-order valence-electron chi connectivity index (χ0n) is 30.2. The summed E-state index contributed by atoms with van der Waals surface area (Å²) < 4.78 is 47.4. The number of carbonyl (C=O) groups excluding carboxylic acids is 3. The number of benzene rings is 2. The SMILES string of the molecule is COC1OC(CO)C(OCc2ccccc2)C(OCc2ccccc2)C1OCCCC1(O)OC(C(OC)C(=O)N2C(=O)OCC2C(C)C)C(=O)C=C1Br. The number of hydrogen-bond acceptors (Lipinski definition) is 13. The zero-order chi connectivity index (χ0) is 38.1. The van der Waals surface area contributed by atoms with Gasteiger partial charge >= 0.3 is 6.09 Å². The second kappa shape index (κ2) is 19.0. The van der Waals surface area contributed by atoms with E-state index in [4.69, 9.17) is 37.9 Å². The first-order valence-electron chi connectivity index (χ1n) is 17.6. The van der Waals surface area contributed by atoms with Crippen LogP contribution in [0.2, 0.25) is 0 Å². The summed E-state index contributed by atoms with van der Waals surface area (Å²) in [4.78, 5) is 40.2. The van der Waals surface area contributed by atoms with Gasteiger partial charge in [0.15, 0.2) is 30.1 Å². The number of aliphatic hydroxyl groups excluding tert-OH is 1. The highest BCUT2D eigenvalue weighted by Crippen LogP contribution is 2.37. The first kappa shape index (κ1) is 41.1. The van der Waals surface area contributed by atoms with Crippen molar-refractivity contribution in [2.75, 3.05) is 34.0 Å². The summed E-state index contributed by atoms with van der Waals surface area (Å²) in [5, 5.41) is 22.0. The van der Waals surface area contributed by atoms with E-state index in [2.05, 4.69) is 15.9 Å². The number of cyclic esters (lactones) is 1. The van der Waals surface area contributed by atoms with Crippen LogP contribution in [0.5, 0.6) is 0 Å². The highest BCUT2D eigenvalue weighted by atomic mass is 79.9. The highest BCUT2D eigenvalue weighted by molar-refractivity contribution is 9.11. The molecule has 3 heterocycles. The fourth-order valence-electron chi connectivity index (χ4n) is 6.55. The molecule has 2 aromatic carbocycles. The molecule has 2 saturated heterocycles. The van der Waals surface area contributed by atoms with E-state index in [9.17, 15) is 24.6 Å². The van der Waals surface area contributed by atoms with Gasteiger partial charge in [0.25, 0.3) is 5.91 Å². The number of aliphatic hydroxyl groups is 2. The quantitative estimate of drug-likeness (QED) is 0.223. The Morgan fingerprint density at radius 2 is 1.58 bits per heavy atom. The Morgan fingerprint density at radius 1 is 0.962 bits per heavy atom. The van der Waals surface area contributed by atoms with Crippen LogP contribution in [-0.2, 0) is 60.7 Å². The number of ketones is 1. The van der Waals surface area contributed by atoms with Crippen molar-refractivity contribution in [3.05, 3.63) is 82.3 Å². The van der Waals surface area contributed by atoms with Gasteiger partial charge in [0.05, 0.1) is 30.3 Å². The van der Waals surface area contributed by atoms with Gasteiger partial charge in [-0.05, 0) is 45.5 Å². The maximum atomic E-state index is 13.6. The predicted molar refractivity (Wildman–Crippen MR) is 191 cm³/mol. The van der Waals surface area contributed by atoms with E-state index in [0.717, 1.165) is 22.1 Å². The summed E-state index contributed by atoms with van der Waals surface area (Å²) in [5.74, 6) is -3.60. The Hall–Kier alpha value is -3.09. The molecule has 2 fully saturated rings. The zero-order valence-corrected chi connectivity index (χ0v) is 31.8.